The topological polar surface area (TPSA) is 40.6 Å². The van der Waals surface area contributed by atoms with Gasteiger partial charge in [-0.25, -0.2) is 0 Å². The van der Waals surface area contributed by atoms with Gasteiger partial charge in [0.05, 0.1) is 6.54 Å². The van der Waals surface area contributed by atoms with E-state index in [0.29, 0.717) is 12.5 Å². The Kier molecular flexibility index (Phi) is 4.66. The van der Waals surface area contributed by atoms with Crippen molar-refractivity contribution in [2.24, 2.45) is 5.92 Å². The van der Waals surface area contributed by atoms with Gasteiger partial charge in [0, 0.05) is 26.6 Å². The van der Waals surface area contributed by atoms with Gasteiger partial charge in [-0.3, -0.25) is 9.59 Å². The summed E-state index contributed by atoms with van der Waals surface area (Å²) in [4.78, 5) is 27.5. The molecule has 4 heteroatoms. The Morgan fingerprint density at radius 3 is 2.57 bits per heavy atom. The maximum atomic E-state index is 12.5. The van der Waals surface area contributed by atoms with Gasteiger partial charge in [0.15, 0.2) is 0 Å². The van der Waals surface area contributed by atoms with Crippen LogP contribution in [0.2, 0.25) is 0 Å². The van der Waals surface area contributed by atoms with Crippen LogP contribution in [0.1, 0.15) is 30.4 Å². The molecule has 0 aromatic heterocycles. The fourth-order valence-electron chi connectivity index (χ4n) is 2.62. The Morgan fingerprint density at radius 1 is 1.29 bits per heavy atom. The lowest BCUT2D eigenvalue weighted by Gasteiger charge is -2.22. The van der Waals surface area contributed by atoms with E-state index in [1.165, 1.54) is 16.0 Å². The lowest BCUT2D eigenvalue weighted by Crippen LogP contribution is -2.41. The summed E-state index contributed by atoms with van der Waals surface area (Å²) in [7, 11) is 3.43. The number of aryl methyl sites for hydroxylation is 1. The van der Waals surface area contributed by atoms with Crippen molar-refractivity contribution in [3.05, 3.63) is 35.4 Å². The van der Waals surface area contributed by atoms with Gasteiger partial charge in [-0.2, -0.15) is 0 Å². The van der Waals surface area contributed by atoms with E-state index >= 15 is 0 Å². The summed E-state index contributed by atoms with van der Waals surface area (Å²) in [6.45, 7) is 4.75. The molecule has 1 aromatic carbocycles. The molecule has 0 aliphatic heterocycles. The molecule has 1 aliphatic carbocycles. The number of rotatable bonds is 5. The van der Waals surface area contributed by atoms with Gasteiger partial charge in [0.1, 0.15) is 0 Å². The van der Waals surface area contributed by atoms with Crippen LogP contribution in [-0.2, 0) is 9.59 Å². The van der Waals surface area contributed by atoms with Crippen molar-refractivity contribution in [1.82, 2.24) is 9.80 Å². The molecule has 0 N–H and O–H groups in total. The quantitative estimate of drug-likeness (QED) is 0.832. The van der Waals surface area contributed by atoms with Crippen LogP contribution < -0.4 is 0 Å². The van der Waals surface area contributed by atoms with Crippen molar-refractivity contribution in [1.29, 1.82) is 0 Å². The zero-order valence-electron chi connectivity index (χ0n) is 13.3. The van der Waals surface area contributed by atoms with Gasteiger partial charge in [0.25, 0.3) is 0 Å². The number of hydrogen-bond acceptors (Lipinski definition) is 2. The molecule has 2 atom stereocenters. The number of hydrogen-bond donors (Lipinski definition) is 0. The first-order valence-electron chi connectivity index (χ1n) is 7.49. The van der Waals surface area contributed by atoms with Gasteiger partial charge < -0.3 is 9.80 Å². The zero-order valence-corrected chi connectivity index (χ0v) is 13.3. The second kappa shape index (κ2) is 6.29. The molecule has 0 unspecified atom stereocenters. The summed E-state index contributed by atoms with van der Waals surface area (Å²) < 4.78 is 0. The molecule has 1 aliphatic rings. The molecule has 0 heterocycles. The van der Waals surface area contributed by atoms with Crippen molar-refractivity contribution in [3.8, 4) is 0 Å². The molecular formula is C17H24N2O2. The summed E-state index contributed by atoms with van der Waals surface area (Å²) in [6, 6.07) is 8.35. The Hall–Kier alpha value is -1.84. The van der Waals surface area contributed by atoms with Crippen LogP contribution in [0, 0.1) is 12.8 Å². The lowest BCUT2D eigenvalue weighted by atomic mass is 10.1. The van der Waals surface area contributed by atoms with E-state index in [0.717, 1.165) is 6.42 Å². The first-order valence-corrected chi connectivity index (χ1v) is 7.49. The van der Waals surface area contributed by atoms with Crippen molar-refractivity contribution in [2.45, 2.75) is 26.2 Å². The molecule has 1 saturated carbocycles. The van der Waals surface area contributed by atoms with E-state index < -0.39 is 0 Å². The van der Waals surface area contributed by atoms with E-state index in [1.54, 1.807) is 19.0 Å². The third kappa shape index (κ3) is 3.63. The van der Waals surface area contributed by atoms with Gasteiger partial charge in [0.2, 0.25) is 11.8 Å². The Bertz CT molecular complexity index is 539. The van der Waals surface area contributed by atoms with Crippen molar-refractivity contribution in [3.63, 3.8) is 0 Å². The van der Waals surface area contributed by atoms with Crippen LogP contribution in [0.15, 0.2) is 24.3 Å². The highest BCUT2D eigenvalue weighted by Crippen LogP contribution is 2.48. The summed E-state index contributed by atoms with van der Waals surface area (Å²) in [5.74, 6) is 0.444. The van der Waals surface area contributed by atoms with Crippen molar-refractivity contribution in [2.75, 3.05) is 27.2 Å². The van der Waals surface area contributed by atoms with E-state index in [2.05, 4.69) is 25.1 Å². The molecule has 21 heavy (non-hydrogen) atoms. The maximum absolute atomic E-state index is 12.5. The molecule has 114 valence electrons. The van der Waals surface area contributed by atoms with E-state index in [-0.39, 0.29) is 24.3 Å². The molecular weight excluding hydrogens is 264 g/mol. The highest BCUT2D eigenvalue weighted by Gasteiger charge is 2.45. The highest BCUT2D eigenvalue weighted by molar-refractivity contribution is 5.88. The molecule has 0 spiro atoms. The number of amides is 2. The fourth-order valence-corrected chi connectivity index (χ4v) is 2.62. The average molecular weight is 288 g/mol. The van der Waals surface area contributed by atoms with Gasteiger partial charge in [-0.1, -0.05) is 29.8 Å². The second-order valence-corrected chi connectivity index (χ2v) is 6.00. The van der Waals surface area contributed by atoms with E-state index in [4.69, 9.17) is 0 Å². The Morgan fingerprint density at radius 2 is 2.00 bits per heavy atom. The predicted octanol–water partition coefficient (Wildman–Crippen LogP) is 2.04. The average Bonchev–Trinajstić information content (AvgIpc) is 3.24. The molecule has 2 amide bonds. The zero-order chi connectivity index (χ0) is 15.6. The van der Waals surface area contributed by atoms with E-state index in [9.17, 15) is 9.59 Å². The number of benzene rings is 1. The SMILES string of the molecule is CCN(CC(=O)N(C)C)C(=O)[C@@H]1C[C@H]1c1cccc(C)c1. The largest absolute Gasteiger partial charge is 0.347 e. The minimum absolute atomic E-state index is 0.0297. The number of nitrogens with zero attached hydrogens (tertiary/aromatic N) is 2. The van der Waals surface area contributed by atoms with Crippen LogP contribution in [0.25, 0.3) is 0 Å². The summed E-state index contributed by atoms with van der Waals surface area (Å²) in [6.07, 6.45) is 0.898. The highest BCUT2D eigenvalue weighted by atomic mass is 16.2. The lowest BCUT2D eigenvalue weighted by molar-refractivity contribution is -0.139. The first-order chi connectivity index (χ1) is 9.93. The molecule has 0 saturated heterocycles. The normalized spacial score (nSPS) is 20.0. The monoisotopic (exact) mass is 288 g/mol. The Balaban J connectivity index is 1.99. The van der Waals surface area contributed by atoms with E-state index in [1.807, 2.05) is 13.0 Å². The fraction of sp³-hybridized carbons (Fsp3) is 0.529. The Labute approximate surface area is 126 Å². The third-order valence-corrected chi connectivity index (χ3v) is 4.10. The summed E-state index contributed by atoms with van der Waals surface area (Å²) >= 11 is 0. The standard InChI is InChI=1S/C17H24N2O2/c1-5-19(11-16(20)18(3)4)17(21)15-10-14(15)13-8-6-7-12(2)9-13/h6-9,14-15H,5,10-11H2,1-4H3/t14-,15+/m0/s1. The number of carbonyl (C=O) groups is 2. The van der Waals surface area contributed by atoms with Crippen LogP contribution in [0.4, 0.5) is 0 Å². The predicted molar refractivity (Wildman–Crippen MR) is 83.0 cm³/mol. The molecule has 1 fully saturated rings. The molecule has 0 bridgehead atoms. The van der Waals surface area contributed by atoms with Crippen LogP contribution >= 0.6 is 0 Å². The summed E-state index contributed by atoms with van der Waals surface area (Å²) in [5, 5.41) is 0. The van der Waals surface area contributed by atoms with Crippen LogP contribution in [-0.4, -0.2) is 48.8 Å². The molecule has 4 nitrogen and oxygen atoms in total. The van der Waals surface area contributed by atoms with Crippen molar-refractivity contribution >= 4 is 11.8 Å². The third-order valence-electron chi connectivity index (χ3n) is 4.10. The minimum Gasteiger partial charge on any atom is -0.347 e. The number of carbonyl (C=O) groups excluding carboxylic acids is 2. The maximum Gasteiger partial charge on any atom is 0.241 e. The smallest absolute Gasteiger partial charge is 0.241 e. The van der Waals surface area contributed by atoms with Crippen LogP contribution in [0.3, 0.4) is 0 Å². The van der Waals surface area contributed by atoms with Gasteiger partial charge in [-0.05, 0) is 31.7 Å². The van der Waals surface area contributed by atoms with Crippen molar-refractivity contribution < 1.29 is 9.59 Å². The van der Waals surface area contributed by atoms with Gasteiger partial charge in [-0.15, -0.1) is 0 Å². The second-order valence-electron chi connectivity index (χ2n) is 6.00. The molecule has 0 radical (unpaired) electrons. The molecule has 2 rings (SSSR count). The summed E-state index contributed by atoms with van der Waals surface area (Å²) in [5.41, 5.74) is 2.46. The van der Waals surface area contributed by atoms with Gasteiger partial charge >= 0.3 is 0 Å². The molecule has 1 aromatic rings. The van der Waals surface area contributed by atoms with Crippen LogP contribution in [0.5, 0.6) is 0 Å². The minimum atomic E-state index is -0.0297. The number of likely N-dealkylation sites (N-methyl/N-ethyl adjacent to an activating group) is 2. The first kappa shape index (κ1) is 15.5.